The smallest absolute Gasteiger partial charge is 0.293 e. The van der Waals surface area contributed by atoms with Crippen LogP contribution in [0.15, 0.2) is 28.1 Å². The molecule has 0 saturated carbocycles. The lowest BCUT2D eigenvalue weighted by atomic mass is 10.0. The summed E-state index contributed by atoms with van der Waals surface area (Å²) < 4.78 is 0.726. The van der Waals surface area contributed by atoms with Gasteiger partial charge in [0.25, 0.3) is 5.69 Å². The number of thiazole rings is 1. The fraction of sp³-hybridized carbons (Fsp3) is 0.400. The number of piperidine rings is 1. The van der Waals surface area contributed by atoms with Crippen molar-refractivity contribution in [3.63, 3.8) is 0 Å². The first-order valence-electron chi connectivity index (χ1n) is 7.40. The highest BCUT2D eigenvalue weighted by Crippen LogP contribution is 2.33. The Balaban J connectivity index is 1.66. The molecule has 2 heterocycles. The first-order valence-corrected chi connectivity index (χ1v) is 9.08. The zero-order valence-corrected chi connectivity index (χ0v) is 15.1. The number of halogens is 1. The minimum absolute atomic E-state index is 0.154. The van der Waals surface area contributed by atoms with E-state index in [1.165, 1.54) is 0 Å². The normalized spacial score (nSPS) is 15.7. The molecule has 0 aliphatic carbocycles. The number of nitrogens with zero attached hydrogens (tertiary/aromatic N) is 3. The SMILES string of the molecule is Cc1csc(NC2CCN(c3ccc(Br)cc3[N+](=O)[O-])CC2)n1. The molecule has 1 aliphatic rings. The molecular weight excluding hydrogens is 380 g/mol. The van der Waals surface area contributed by atoms with E-state index in [1.54, 1.807) is 17.4 Å². The van der Waals surface area contributed by atoms with Gasteiger partial charge in [0, 0.05) is 35.1 Å². The molecule has 0 radical (unpaired) electrons. The van der Waals surface area contributed by atoms with Crippen molar-refractivity contribution in [1.82, 2.24) is 4.98 Å². The summed E-state index contributed by atoms with van der Waals surface area (Å²) >= 11 is 4.92. The van der Waals surface area contributed by atoms with Gasteiger partial charge in [0.1, 0.15) is 5.69 Å². The van der Waals surface area contributed by atoms with Crippen LogP contribution in [0, 0.1) is 17.0 Å². The van der Waals surface area contributed by atoms with Crippen LogP contribution < -0.4 is 10.2 Å². The summed E-state index contributed by atoms with van der Waals surface area (Å²) in [6.45, 7) is 3.58. The largest absolute Gasteiger partial charge is 0.366 e. The standard InChI is InChI=1S/C15H17BrN4O2S/c1-10-9-23-15(17-10)18-12-4-6-19(7-5-12)13-3-2-11(16)8-14(13)20(21)22/h2-3,8-9,12H,4-7H2,1H3,(H,17,18). The van der Waals surface area contributed by atoms with Crippen LogP contribution in [-0.2, 0) is 0 Å². The summed E-state index contributed by atoms with van der Waals surface area (Å²) in [6, 6.07) is 5.61. The fourth-order valence-corrected chi connectivity index (χ4v) is 3.89. The fourth-order valence-electron chi connectivity index (χ4n) is 2.77. The van der Waals surface area contributed by atoms with Gasteiger partial charge in [0.15, 0.2) is 5.13 Å². The van der Waals surface area contributed by atoms with Crippen molar-refractivity contribution < 1.29 is 4.92 Å². The zero-order chi connectivity index (χ0) is 16.4. The lowest BCUT2D eigenvalue weighted by Crippen LogP contribution is -2.39. The van der Waals surface area contributed by atoms with Crippen molar-refractivity contribution in [2.45, 2.75) is 25.8 Å². The van der Waals surface area contributed by atoms with Crippen LogP contribution in [0.5, 0.6) is 0 Å². The van der Waals surface area contributed by atoms with Gasteiger partial charge in [-0.05, 0) is 31.9 Å². The summed E-state index contributed by atoms with van der Waals surface area (Å²) in [5.41, 5.74) is 1.88. The van der Waals surface area contributed by atoms with E-state index in [-0.39, 0.29) is 10.6 Å². The van der Waals surface area contributed by atoms with Crippen molar-refractivity contribution in [2.24, 2.45) is 0 Å². The van der Waals surface area contributed by atoms with Gasteiger partial charge in [-0.3, -0.25) is 10.1 Å². The molecule has 122 valence electrons. The Labute approximate surface area is 146 Å². The topological polar surface area (TPSA) is 71.3 Å². The molecule has 0 bridgehead atoms. The maximum Gasteiger partial charge on any atom is 0.293 e. The van der Waals surface area contributed by atoms with Crippen LogP contribution in [-0.4, -0.2) is 29.0 Å². The van der Waals surface area contributed by atoms with E-state index in [9.17, 15) is 10.1 Å². The average molecular weight is 397 g/mol. The second kappa shape index (κ2) is 6.84. The number of anilines is 2. The molecule has 1 aliphatic heterocycles. The summed E-state index contributed by atoms with van der Waals surface area (Å²) in [5, 5.41) is 17.7. The molecule has 1 saturated heterocycles. The van der Waals surface area contributed by atoms with Crippen LogP contribution in [0.4, 0.5) is 16.5 Å². The van der Waals surface area contributed by atoms with Gasteiger partial charge in [0.2, 0.25) is 0 Å². The molecule has 0 spiro atoms. The summed E-state index contributed by atoms with van der Waals surface area (Å²) in [4.78, 5) is 17.5. The highest BCUT2D eigenvalue weighted by Gasteiger charge is 2.25. The number of rotatable bonds is 4. The molecule has 2 aromatic rings. The molecular formula is C15H17BrN4O2S. The molecule has 23 heavy (non-hydrogen) atoms. The molecule has 0 amide bonds. The molecule has 1 N–H and O–H groups in total. The number of hydrogen-bond donors (Lipinski definition) is 1. The number of nitro groups is 1. The number of aryl methyl sites for hydroxylation is 1. The molecule has 0 atom stereocenters. The van der Waals surface area contributed by atoms with E-state index in [0.29, 0.717) is 11.7 Å². The average Bonchev–Trinajstić information content (AvgIpc) is 2.93. The zero-order valence-electron chi connectivity index (χ0n) is 12.7. The third-order valence-electron chi connectivity index (χ3n) is 3.92. The second-order valence-electron chi connectivity index (χ2n) is 5.59. The summed E-state index contributed by atoms with van der Waals surface area (Å²) in [5.74, 6) is 0. The molecule has 8 heteroatoms. The van der Waals surface area contributed by atoms with Crippen LogP contribution in [0.1, 0.15) is 18.5 Å². The van der Waals surface area contributed by atoms with Gasteiger partial charge in [-0.15, -0.1) is 11.3 Å². The van der Waals surface area contributed by atoms with Crippen LogP contribution in [0.25, 0.3) is 0 Å². The van der Waals surface area contributed by atoms with Crippen molar-refractivity contribution in [3.8, 4) is 0 Å². The van der Waals surface area contributed by atoms with E-state index in [1.807, 2.05) is 24.4 Å². The predicted molar refractivity (Wildman–Crippen MR) is 96.5 cm³/mol. The van der Waals surface area contributed by atoms with E-state index in [2.05, 4.69) is 31.1 Å². The Hall–Kier alpha value is -1.67. The number of benzene rings is 1. The second-order valence-corrected chi connectivity index (χ2v) is 7.36. The van der Waals surface area contributed by atoms with E-state index < -0.39 is 0 Å². The minimum atomic E-state index is -0.317. The Kier molecular flexibility index (Phi) is 4.82. The Morgan fingerprint density at radius 1 is 1.43 bits per heavy atom. The summed E-state index contributed by atoms with van der Waals surface area (Å²) in [7, 11) is 0. The monoisotopic (exact) mass is 396 g/mol. The lowest BCUT2D eigenvalue weighted by molar-refractivity contribution is -0.384. The number of aromatic nitrogens is 1. The molecule has 1 fully saturated rings. The maximum absolute atomic E-state index is 11.3. The number of hydrogen-bond acceptors (Lipinski definition) is 6. The molecule has 0 unspecified atom stereocenters. The number of nitro benzene ring substituents is 1. The van der Waals surface area contributed by atoms with Gasteiger partial charge >= 0.3 is 0 Å². The molecule has 1 aromatic heterocycles. The van der Waals surface area contributed by atoms with Gasteiger partial charge < -0.3 is 10.2 Å². The highest BCUT2D eigenvalue weighted by atomic mass is 79.9. The van der Waals surface area contributed by atoms with Crippen molar-refractivity contribution in [3.05, 3.63) is 43.9 Å². The summed E-state index contributed by atoms with van der Waals surface area (Å²) in [6.07, 6.45) is 1.87. The first kappa shape index (κ1) is 16.2. The lowest BCUT2D eigenvalue weighted by Gasteiger charge is -2.33. The molecule has 1 aromatic carbocycles. The third-order valence-corrected chi connectivity index (χ3v) is 5.30. The van der Waals surface area contributed by atoms with Crippen molar-refractivity contribution >= 4 is 43.8 Å². The molecule has 3 rings (SSSR count). The highest BCUT2D eigenvalue weighted by molar-refractivity contribution is 9.10. The van der Waals surface area contributed by atoms with E-state index >= 15 is 0 Å². The van der Waals surface area contributed by atoms with E-state index in [0.717, 1.165) is 41.2 Å². The Morgan fingerprint density at radius 3 is 2.78 bits per heavy atom. The van der Waals surface area contributed by atoms with Gasteiger partial charge in [-0.2, -0.15) is 0 Å². The predicted octanol–water partition coefficient (Wildman–Crippen LogP) is 4.20. The Bertz CT molecular complexity index is 713. The minimum Gasteiger partial charge on any atom is -0.366 e. The number of nitrogens with one attached hydrogen (secondary N) is 1. The quantitative estimate of drug-likeness (QED) is 0.619. The van der Waals surface area contributed by atoms with Gasteiger partial charge in [-0.1, -0.05) is 15.9 Å². The third kappa shape index (κ3) is 3.81. The first-order chi connectivity index (χ1) is 11.0. The van der Waals surface area contributed by atoms with Crippen molar-refractivity contribution in [2.75, 3.05) is 23.3 Å². The van der Waals surface area contributed by atoms with Gasteiger partial charge in [-0.25, -0.2) is 4.98 Å². The van der Waals surface area contributed by atoms with Crippen LogP contribution in [0.2, 0.25) is 0 Å². The van der Waals surface area contributed by atoms with Crippen LogP contribution in [0.3, 0.4) is 0 Å². The van der Waals surface area contributed by atoms with Crippen molar-refractivity contribution in [1.29, 1.82) is 0 Å². The van der Waals surface area contributed by atoms with Gasteiger partial charge in [0.05, 0.1) is 10.6 Å². The van der Waals surface area contributed by atoms with E-state index in [4.69, 9.17) is 0 Å². The molecule has 6 nitrogen and oxygen atoms in total. The maximum atomic E-state index is 11.3. The Morgan fingerprint density at radius 2 is 2.17 bits per heavy atom. The van der Waals surface area contributed by atoms with Crippen LogP contribution >= 0.6 is 27.3 Å².